The molecule has 0 aliphatic heterocycles. The highest BCUT2D eigenvalue weighted by Crippen LogP contribution is 2.63. The highest BCUT2D eigenvalue weighted by molar-refractivity contribution is 5.69. The van der Waals surface area contributed by atoms with Crippen LogP contribution in [0.5, 0.6) is 5.75 Å². The summed E-state index contributed by atoms with van der Waals surface area (Å²) in [6.45, 7) is 2.26. The van der Waals surface area contributed by atoms with Crippen LogP contribution in [0.4, 0.5) is 39.5 Å². The summed E-state index contributed by atoms with van der Waals surface area (Å²) in [5.41, 5.74) is 2.73. The number of aliphatic hydroxyl groups is 1. The average Bonchev–Trinajstić information content (AvgIpc) is 3.33. The zero-order valence-corrected chi connectivity index (χ0v) is 28.1. The number of carboxylic acid groups (broad SMARTS) is 1. The van der Waals surface area contributed by atoms with E-state index in [4.69, 9.17) is 4.74 Å². The Morgan fingerprint density at radius 3 is 2.14 bits per heavy atom. The first-order chi connectivity index (χ1) is 22.8. The van der Waals surface area contributed by atoms with Gasteiger partial charge in [-0.15, -0.1) is 0 Å². The Morgan fingerprint density at radius 1 is 0.898 bits per heavy atom. The number of benzene rings is 1. The Labute approximate surface area is 282 Å². The van der Waals surface area contributed by atoms with Crippen LogP contribution < -0.4 is 4.74 Å². The lowest BCUT2D eigenvalue weighted by Gasteiger charge is -2.53. The predicted molar refractivity (Wildman–Crippen MR) is 165 cm³/mol. The third-order valence-corrected chi connectivity index (χ3v) is 12.1. The lowest BCUT2D eigenvalue weighted by Crippen LogP contribution is -2.60. The van der Waals surface area contributed by atoms with Crippen molar-refractivity contribution in [2.24, 2.45) is 29.1 Å². The Balaban J connectivity index is 1.21. The SMILES string of the molecule is COc1ccc2c(c1)C[C@@H](CCCCCCCCCC(CCC(F)(F)C(F)(F)C(F)(F)C(F)(F)F)C(=O)O)C1C2CC[C@@]2(C)C1CC[C@@H]2O. The maximum Gasteiger partial charge on any atom is 0.460 e. The van der Waals surface area contributed by atoms with Crippen molar-refractivity contribution in [2.75, 3.05) is 7.11 Å². The number of alkyl halides is 9. The molecule has 2 saturated carbocycles. The molecule has 2 N–H and O–H groups in total. The number of hydrogen-bond acceptors (Lipinski definition) is 3. The molecule has 4 rings (SSSR count). The number of hydrogen-bond donors (Lipinski definition) is 2. The van der Waals surface area contributed by atoms with Crippen LogP contribution in [0.15, 0.2) is 18.2 Å². The normalized spacial score (nSPS) is 28.0. The molecule has 2 fully saturated rings. The van der Waals surface area contributed by atoms with Gasteiger partial charge >= 0.3 is 29.9 Å². The number of rotatable bonds is 17. The molecule has 1 aromatic carbocycles. The molecule has 4 unspecified atom stereocenters. The Kier molecular flexibility index (Phi) is 12.3. The first kappa shape index (κ1) is 39.6. The summed E-state index contributed by atoms with van der Waals surface area (Å²) >= 11 is 0. The Morgan fingerprint density at radius 2 is 1.53 bits per heavy atom. The summed E-state index contributed by atoms with van der Waals surface area (Å²) in [5, 5.41) is 20.2. The van der Waals surface area contributed by atoms with E-state index in [0.717, 1.165) is 76.4 Å². The van der Waals surface area contributed by atoms with E-state index in [-0.39, 0.29) is 24.4 Å². The molecule has 0 heterocycles. The molecule has 3 aliphatic carbocycles. The summed E-state index contributed by atoms with van der Waals surface area (Å²) in [5.74, 6) is -19.8. The molecule has 0 aromatic heterocycles. The van der Waals surface area contributed by atoms with E-state index in [1.807, 2.05) is 6.07 Å². The number of unbranched alkanes of at least 4 members (excludes halogenated alkanes) is 6. The molecule has 0 bridgehead atoms. The van der Waals surface area contributed by atoms with Crippen molar-refractivity contribution < 1.29 is 59.3 Å². The average molecular weight is 717 g/mol. The quantitative estimate of drug-likeness (QED) is 0.124. The second-order valence-electron chi connectivity index (χ2n) is 14.9. The van der Waals surface area contributed by atoms with Crippen molar-refractivity contribution >= 4 is 5.97 Å². The lowest BCUT2D eigenvalue weighted by molar-refractivity contribution is -0.396. The lowest BCUT2D eigenvalue weighted by atomic mass is 9.52. The van der Waals surface area contributed by atoms with Gasteiger partial charge < -0.3 is 14.9 Å². The van der Waals surface area contributed by atoms with Crippen LogP contribution in [0.1, 0.15) is 120 Å². The van der Waals surface area contributed by atoms with Crippen LogP contribution in [0.3, 0.4) is 0 Å². The van der Waals surface area contributed by atoms with Crippen molar-refractivity contribution in [3.63, 3.8) is 0 Å². The van der Waals surface area contributed by atoms with E-state index >= 15 is 0 Å². The number of ether oxygens (including phenoxy) is 1. The number of aliphatic carboxylic acids is 1. The maximum atomic E-state index is 13.9. The first-order valence-electron chi connectivity index (χ1n) is 17.6. The van der Waals surface area contributed by atoms with Crippen LogP contribution in [0.25, 0.3) is 0 Å². The number of carboxylic acids is 1. The van der Waals surface area contributed by atoms with Gasteiger partial charge in [-0.3, -0.25) is 4.79 Å². The van der Waals surface area contributed by atoms with Crippen molar-refractivity contribution in [3.8, 4) is 5.75 Å². The van der Waals surface area contributed by atoms with Gasteiger partial charge in [0.2, 0.25) is 0 Å². The van der Waals surface area contributed by atoms with Crippen LogP contribution in [-0.4, -0.2) is 53.3 Å². The fraction of sp³-hybridized carbons (Fsp3) is 0.806. The number of aliphatic hydroxyl groups excluding tert-OH is 1. The maximum absolute atomic E-state index is 13.9. The molecule has 0 saturated heterocycles. The Bertz CT molecular complexity index is 1270. The van der Waals surface area contributed by atoms with Gasteiger partial charge in [0.05, 0.1) is 19.1 Å². The second kappa shape index (κ2) is 15.2. The van der Waals surface area contributed by atoms with E-state index in [0.29, 0.717) is 30.1 Å². The smallest absolute Gasteiger partial charge is 0.460 e. The fourth-order valence-electron chi connectivity index (χ4n) is 9.14. The zero-order chi connectivity index (χ0) is 36.4. The fourth-order valence-corrected chi connectivity index (χ4v) is 9.14. The van der Waals surface area contributed by atoms with Gasteiger partial charge in [0.1, 0.15) is 5.75 Å². The number of fused-ring (bicyclic) bond motifs is 5. The van der Waals surface area contributed by atoms with Gasteiger partial charge in [0, 0.05) is 6.42 Å². The predicted octanol–water partition coefficient (Wildman–Crippen LogP) is 10.6. The van der Waals surface area contributed by atoms with Gasteiger partial charge in [-0.2, -0.15) is 39.5 Å². The minimum atomic E-state index is -6.97. The number of halogens is 9. The van der Waals surface area contributed by atoms with E-state index in [2.05, 4.69) is 19.1 Å². The van der Waals surface area contributed by atoms with Crippen LogP contribution >= 0.6 is 0 Å². The number of methoxy groups -OCH3 is 1. The molecule has 1 aromatic rings. The summed E-state index contributed by atoms with van der Waals surface area (Å²) in [7, 11) is 1.67. The van der Waals surface area contributed by atoms with Gasteiger partial charge in [-0.05, 0) is 104 Å². The van der Waals surface area contributed by atoms with E-state index in [1.54, 1.807) is 7.11 Å². The summed E-state index contributed by atoms with van der Waals surface area (Å²) < 4.78 is 124. The largest absolute Gasteiger partial charge is 0.497 e. The molecule has 280 valence electrons. The Hall–Kier alpha value is -2.18. The minimum absolute atomic E-state index is 0.0449. The molecular weight excluding hydrogens is 667 g/mol. The highest BCUT2D eigenvalue weighted by Gasteiger charge is 2.81. The molecule has 3 aliphatic rings. The topological polar surface area (TPSA) is 66.8 Å². The van der Waals surface area contributed by atoms with Gasteiger partial charge in [0.15, 0.2) is 0 Å². The summed E-state index contributed by atoms with van der Waals surface area (Å²) in [4.78, 5) is 11.5. The molecule has 0 amide bonds. The minimum Gasteiger partial charge on any atom is -0.497 e. The third kappa shape index (κ3) is 8.01. The van der Waals surface area contributed by atoms with E-state index < -0.39 is 48.7 Å². The van der Waals surface area contributed by atoms with Crippen molar-refractivity contribution in [2.45, 2.75) is 146 Å². The summed E-state index contributed by atoms with van der Waals surface area (Å²) in [6.07, 6.45) is 0.738. The molecule has 4 nitrogen and oxygen atoms in total. The van der Waals surface area contributed by atoms with Crippen molar-refractivity contribution in [1.82, 2.24) is 0 Å². The first-order valence-corrected chi connectivity index (χ1v) is 17.6. The zero-order valence-electron chi connectivity index (χ0n) is 28.1. The molecule has 13 heteroatoms. The van der Waals surface area contributed by atoms with Crippen LogP contribution in [-0.2, 0) is 11.2 Å². The van der Waals surface area contributed by atoms with E-state index in [1.165, 1.54) is 11.1 Å². The molecule has 0 spiro atoms. The molecule has 49 heavy (non-hydrogen) atoms. The molecular formula is C36H49F9O4. The van der Waals surface area contributed by atoms with Crippen LogP contribution in [0, 0.1) is 29.1 Å². The van der Waals surface area contributed by atoms with Gasteiger partial charge in [-0.25, -0.2) is 0 Å². The molecule has 0 radical (unpaired) electrons. The van der Waals surface area contributed by atoms with Crippen LogP contribution in [0.2, 0.25) is 0 Å². The van der Waals surface area contributed by atoms with Crippen molar-refractivity contribution in [3.05, 3.63) is 29.3 Å². The molecule has 7 atom stereocenters. The van der Waals surface area contributed by atoms with Gasteiger partial charge in [-0.1, -0.05) is 57.9 Å². The number of carbonyl (C=O) groups is 1. The summed E-state index contributed by atoms with van der Waals surface area (Å²) in [6, 6.07) is 6.43. The van der Waals surface area contributed by atoms with E-state index in [9.17, 15) is 54.5 Å². The third-order valence-electron chi connectivity index (χ3n) is 12.1. The van der Waals surface area contributed by atoms with Gasteiger partial charge in [0.25, 0.3) is 0 Å². The highest BCUT2D eigenvalue weighted by atomic mass is 19.4. The monoisotopic (exact) mass is 716 g/mol. The standard InChI is InChI=1S/C36H49F9O4/c1-32-18-17-27-26-13-12-25(49-2)21-24(26)20-23(30(27)28(32)14-15-29(32)46)11-9-7-5-3-4-6-8-10-22(31(47)48)16-19-33(37,38)34(39,40)35(41,42)36(43,44)45/h12-13,21-23,27-30,46H,3-11,14-20H2,1-2H3,(H,47,48)/t22?,23-,27?,28?,29+,30?,32+/m1/s1. The second-order valence-corrected chi connectivity index (χ2v) is 14.9. The van der Waals surface area contributed by atoms with Crippen molar-refractivity contribution in [1.29, 1.82) is 0 Å².